The van der Waals surface area contributed by atoms with Gasteiger partial charge >= 0.3 is 0 Å². The number of Topliss-reactive ketones (excluding diaryl/α,β-unsaturated/α-hetero) is 6. The Morgan fingerprint density at radius 3 is 1.07 bits per heavy atom. The first-order valence-electron chi connectivity index (χ1n) is 50.6. The molecule has 11 atom stereocenters. The van der Waals surface area contributed by atoms with Gasteiger partial charge in [-0.05, 0) is 113 Å². The minimum absolute atomic E-state index is 0.0297. The van der Waals surface area contributed by atoms with Crippen molar-refractivity contribution in [1.82, 2.24) is 55.2 Å². The zero-order chi connectivity index (χ0) is 107. The quantitative estimate of drug-likeness (QED) is 0.0363. The highest BCUT2D eigenvalue weighted by atomic mass is 35.5. The van der Waals surface area contributed by atoms with Gasteiger partial charge in [-0.2, -0.15) is 0 Å². The Labute approximate surface area is 874 Å². The lowest BCUT2D eigenvalue weighted by molar-refractivity contribution is -0.141. The molecule has 0 aliphatic carbocycles. The van der Waals surface area contributed by atoms with E-state index in [1.807, 2.05) is 274 Å². The molecule has 4 aliphatic heterocycles. The van der Waals surface area contributed by atoms with E-state index < -0.39 is 65.5 Å². The molecule has 4 amide bonds. The number of nitrogens with zero attached hydrogens (tertiary/aromatic N) is 11. The van der Waals surface area contributed by atoms with E-state index in [1.54, 1.807) is 50.1 Å². The van der Waals surface area contributed by atoms with Crippen molar-refractivity contribution in [3.05, 3.63) is 228 Å². The second-order valence-electron chi connectivity index (χ2n) is 45.6. The predicted octanol–water partition coefficient (Wildman–Crippen LogP) is 21.0. The third-order valence-electron chi connectivity index (χ3n) is 27.6. The number of carbonyl (C=O) groups excluding carboxylic acids is 10. The zero-order valence-electron chi connectivity index (χ0n) is 88.8. The lowest BCUT2D eigenvalue weighted by Crippen LogP contribution is -2.45. The van der Waals surface area contributed by atoms with Crippen LogP contribution in [0, 0.1) is 37.0 Å². The number of likely N-dealkylation sites (tertiary alicyclic amines) is 4. The highest BCUT2D eigenvalue weighted by molar-refractivity contribution is 7.14. The van der Waals surface area contributed by atoms with Crippen molar-refractivity contribution in [3.63, 3.8) is 0 Å². The van der Waals surface area contributed by atoms with Crippen LogP contribution in [0.1, 0.15) is 318 Å². The van der Waals surface area contributed by atoms with E-state index in [9.17, 15) is 63.3 Å². The number of thiazole rings is 3. The molecule has 15 rings (SSSR count). The lowest BCUT2D eigenvalue weighted by Gasteiger charge is -2.33. The van der Waals surface area contributed by atoms with Crippen molar-refractivity contribution in [2.24, 2.45) is 23.2 Å². The maximum Gasteiger partial charge on any atom is 0.234 e. The van der Waals surface area contributed by atoms with Crippen molar-refractivity contribution in [2.45, 2.75) is 331 Å². The lowest BCUT2D eigenvalue weighted by atomic mass is 9.77. The fraction of sp³-hybridized carbons (Fsp3) is 0.518. The molecule has 4 saturated heterocycles. The molecule has 782 valence electrons. The van der Waals surface area contributed by atoms with Crippen molar-refractivity contribution < 1.29 is 81.4 Å². The summed E-state index contributed by atoms with van der Waals surface area (Å²) in [5.41, 5.74) is 17.1. The molecule has 0 spiro atoms. The monoisotopic (exact) mass is 2070 g/mol. The number of benzene rings is 4. The first-order valence-corrected chi connectivity index (χ1v) is 53.6. The van der Waals surface area contributed by atoms with E-state index in [0.717, 1.165) is 87.7 Å². The number of aromatic nitrogens is 7. The smallest absolute Gasteiger partial charge is 0.234 e. The van der Waals surface area contributed by atoms with Crippen LogP contribution in [0.2, 0.25) is 5.02 Å². The third kappa shape index (κ3) is 28.2. The second-order valence-corrected chi connectivity index (χ2v) is 48.6. The summed E-state index contributed by atoms with van der Waals surface area (Å²) < 4.78 is 22.5. The molecular weight excluding hydrogens is 1930 g/mol. The van der Waals surface area contributed by atoms with Crippen LogP contribution in [-0.4, -0.2) is 191 Å². The number of amides is 4. The molecule has 4 fully saturated rings. The number of carbonyl (C=O) groups is 10. The Morgan fingerprint density at radius 2 is 0.726 bits per heavy atom. The summed E-state index contributed by atoms with van der Waals surface area (Å²) in [6.45, 7) is 48.0. The molecule has 11 aromatic rings. The van der Waals surface area contributed by atoms with Gasteiger partial charge in [0, 0.05) is 115 Å². The Kier molecular flexibility index (Phi) is 37.2. The average Bonchev–Trinajstić information content (AvgIpc) is 1.71. The number of aliphatic hydroxyl groups is 3. The number of ketones is 6. The SMILES string of the molecule is CC(C)C(C(=O)N1CC(=O)CC1C(=O)CCc1ccc(Cl)cc1)c1cc(C(C)(C)C)no1.CC(CC(=O)C1CC(O)CN1C(=O)C(c1cc(C(C)(C)C)no1)C(C)C)c1ccc(-c2scnc2CO)cc1.Cc1ncsc1-c1ccc(CCC(=O)C2CC(=O)CN2C(=O)C(c2cc(C(C)(C)C)no2)C(C)C)cc1.Cc1ncsc1-c1ccc(CCC(=O)C2CC(O)CN2C(=O)C(c2cc(C(C)(C)C)no2)C(C)(C)C)cc1. The summed E-state index contributed by atoms with van der Waals surface area (Å²) in [7, 11) is 0. The van der Waals surface area contributed by atoms with Crippen LogP contribution in [0.15, 0.2) is 156 Å². The van der Waals surface area contributed by atoms with Crippen molar-refractivity contribution in [2.75, 3.05) is 26.2 Å². The van der Waals surface area contributed by atoms with E-state index in [0.29, 0.717) is 59.4 Å². The molecule has 7 aromatic heterocycles. The molecule has 11 unspecified atom stereocenters. The summed E-state index contributed by atoms with van der Waals surface area (Å²) in [6, 6.07) is 36.2. The minimum Gasteiger partial charge on any atom is -0.391 e. The van der Waals surface area contributed by atoms with Gasteiger partial charge in [0.1, 0.15) is 46.7 Å². The molecule has 0 bridgehead atoms. The Bertz CT molecular complexity index is 6360. The fourth-order valence-corrected chi connectivity index (χ4v) is 21.6. The number of hydrogen-bond acceptors (Lipinski definition) is 27. The number of rotatable bonds is 31. The van der Waals surface area contributed by atoms with E-state index in [1.165, 1.54) is 21.1 Å². The van der Waals surface area contributed by atoms with Gasteiger partial charge in [-0.1, -0.05) is 269 Å². The van der Waals surface area contributed by atoms with Gasteiger partial charge in [0.25, 0.3) is 0 Å². The minimum atomic E-state index is -0.745. The van der Waals surface area contributed by atoms with E-state index in [2.05, 4.69) is 47.7 Å². The van der Waals surface area contributed by atoms with Gasteiger partial charge in [0.2, 0.25) is 23.6 Å². The molecule has 28 nitrogen and oxygen atoms in total. The van der Waals surface area contributed by atoms with Crippen molar-refractivity contribution >= 4 is 104 Å². The first kappa shape index (κ1) is 113. The largest absolute Gasteiger partial charge is 0.391 e. The van der Waals surface area contributed by atoms with Crippen LogP contribution in [0.3, 0.4) is 0 Å². The molecule has 4 aromatic carbocycles. The average molecular weight is 2070 g/mol. The topological polar surface area (TPSA) is 387 Å². The molecule has 146 heavy (non-hydrogen) atoms. The molecule has 11 heterocycles. The summed E-state index contributed by atoms with van der Waals surface area (Å²) in [4.78, 5) is 155. The maximum atomic E-state index is 13.9. The number of hydrogen-bond donors (Lipinski definition) is 3. The van der Waals surface area contributed by atoms with Crippen LogP contribution in [0.4, 0.5) is 0 Å². The maximum absolute atomic E-state index is 13.9. The van der Waals surface area contributed by atoms with Crippen LogP contribution < -0.4 is 0 Å². The van der Waals surface area contributed by atoms with E-state index in [4.69, 9.17) is 29.7 Å². The van der Waals surface area contributed by atoms with Crippen LogP contribution in [0.5, 0.6) is 0 Å². The van der Waals surface area contributed by atoms with Gasteiger partial charge < -0.3 is 53.0 Å². The highest BCUT2D eigenvalue weighted by Gasteiger charge is 2.50. The number of β-amino-alcohol motifs (C(OH)–C–C–N with tert-alkyl or cyclic N) is 2. The molecule has 3 N–H and O–H groups in total. The standard InChI is InChI=1S/C30H39N3O5S.C30H39N3O4S.C29H35N3O4S.C25H31ClN2O4/c1-17(2)27(25-13-26(32-38-25)30(4,5)6)29(37)33-14-21(35)12-23(33)24(36)11-18(3)19-7-9-20(10-8-19)28-22(15-34)31-16-39-28;1-18-27(38-17-31-18)20-11-8-19(9-12-20)10-13-23(35)22-14-21(34)16-33(22)28(36)26(30(5,6)7)24-15-25(32-37-24)29(2,3)4;1-17(2)26(24-14-25(31-36-24)29(4,5)6)28(35)32-15-21(33)13-22(32)23(34)12-9-19-7-10-20(11-8-19)27-18(3)30-16-37-27;1-15(2)23(21-13-22(27-32-21)25(3,4)5)24(31)28-14-18(29)12-19(28)20(30)11-8-16-6-9-17(26)10-7-16/h7-10,13,16-18,21,23,27,34-35H,11-12,14-15H2,1-6H3;8-9,11-12,15,17,21-22,26,34H,10,13-14,16H2,1-7H3;7-8,10-11,14,16-17,22,26H,9,12-13,15H2,1-6H3;6-7,9-10,13,15,19,23H,8,11-12,14H2,1-5H3. The van der Waals surface area contributed by atoms with E-state index >= 15 is 0 Å². The highest BCUT2D eigenvalue weighted by Crippen LogP contribution is 2.44. The zero-order valence-corrected chi connectivity index (χ0v) is 92.0. The fourth-order valence-electron chi connectivity index (χ4n) is 19.0. The van der Waals surface area contributed by atoms with Gasteiger partial charge in [0.05, 0.1) is 127 Å². The summed E-state index contributed by atoms with van der Waals surface area (Å²) in [6.07, 6.45) is 1.91. The van der Waals surface area contributed by atoms with Crippen LogP contribution >= 0.6 is 45.6 Å². The molecule has 4 aliphatic rings. The third-order valence-corrected chi connectivity index (χ3v) is 30.7. The van der Waals surface area contributed by atoms with E-state index in [-0.39, 0.29) is 181 Å². The van der Waals surface area contributed by atoms with Crippen LogP contribution in [0.25, 0.3) is 31.3 Å². The Hall–Kier alpha value is -11.3. The Balaban J connectivity index is 0.000000174. The normalized spacial score (nSPS) is 18.4. The van der Waals surface area contributed by atoms with Gasteiger partial charge in [-0.3, -0.25) is 47.9 Å². The van der Waals surface area contributed by atoms with Crippen molar-refractivity contribution in [1.29, 1.82) is 0 Å². The van der Waals surface area contributed by atoms with Gasteiger partial charge in [0.15, 0.2) is 34.7 Å². The van der Waals surface area contributed by atoms with Gasteiger partial charge in [-0.25, -0.2) is 15.0 Å². The molecular formula is C114H144ClN11O17S3. The molecule has 32 heteroatoms. The second kappa shape index (κ2) is 47.9. The first-order chi connectivity index (χ1) is 68.6. The predicted molar refractivity (Wildman–Crippen MR) is 566 cm³/mol. The Morgan fingerprint density at radius 1 is 0.411 bits per heavy atom. The molecule has 0 saturated carbocycles. The number of aliphatic hydroxyl groups excluding tert-OH is 3. The molecule has 0 radical (unpaired) electrons. The van der Waals surface area contributed by atoms with Crippen LogP contribution in [-0.2, 0) is 95.5 Å². The summed E-state index contributed by atoms with van der Waals surface area (Å²) in [5, 5.41) is 47.9. The summed E-state index contributed by atoms with van der Waals surface area (Å²) >= 11 is 10.6. The van der Waals surface area contributed by atoms with Gasteiger partial charge in [-0.15, -0.1) is 34.0 Å². The summed E-state index contributed by atoms with van der Waals surface area (Å²) in [5.74, 6) is -2.16. The number of halogens is 1. The van der Waals surface area contributed by atoms with Crippen molar-refractivity contribution in [3.8, 4) is 31.3 Å². The number of aryl methyl sites for hydroxylation is 5.